The summed E-state index contributed by atoms with van der Waals surface area (Å²) in [5, 5.41) is 17.1. The second-order valence-corrected chi connectivity index (χ2v) is 8.17. The number of hydrogen-bond acceptors (Lipinski definition) is 4. The number of ketones is 1. The highest BCUT2D eigenvalue weighted by Crippen LogP contribution is 2.44. The molecule has 3 aromatic rings. The minimum absolute atomic E-state index is 0.142. The number of benzene rings is 3. The van der Waals surface area contributed by atoms with Crippen molar-refractivity contribution in [2.24, 2.45) is 0 Å². The molecular formula is C26H24N2O2. The van der Waals surface area contributed by atoms with Gasteiger partial charge in [-0.3, -0.25) is 4.79 Å². The van der Waals surface area contributed by atoms with Gasteiger partial charge in [-0.25, -0.2) is 0 Å². The molecule has 2 atom stereocenters. The molecule has 5 rings (SSSR count). The van der Waals surface area contributed by atoms with Crippen molar-refractivity contribution in [3.05, 3.63) is 101 Å². The summed E-state index contributed by atoms with van der Waals surface area (Å²) in [6.45, 7) is 2.08. The Bertz CT molecular complexity index is 1150. The Morgan fingerprint density at radius 1 is 0.867 bits per heavy atom. The predicted molar refractivity (Wildman–Crippen MR) is 120 cm³/mol. The van der Waals surface area contributed by atoms with Crippen LogP contribution in [0.25, 0.3) is 0 Å². The molecule has 0 bridgehead atoms. The first-order valence-corrected chi connectivity index (χ1v) is 10.3. The fourth-order valence-electron chi connectivity index (χ4n) is 4.52. The van der Waals surface area contributed by atoms with Crippen LogP contribution in [-0.2, 0) is 4.79 Å². The lowest BCUT2D eigenvalue weighted by Gasteiger charge is -2.30. The third-order valence-electron chi connectivity index (χ3n) is 6.06. The standard InChI is InChI=1S/C26H24N2O2/c1-16-9-11-17(12-10-16)19-14-23-25(24(30)15-19)26(18-5-4-6-20(29)13-18)28-22-8-3-2-7-21(22)27-23/h2-13,19,26-29H,14-15H2,1H3/t19-,26+/m1/s1. The normalized spacial score (nSPS) is 20.5. The quantitative estimate of drug-likeness (QED) is 0.521. The summed E-state index contributed by atoms with van der Waals surface area (Å²) in [7, 11) is 0. The van der Waals surface area contributed by atoms with E-state index >= 15 is 0 Å². The van der Waals surface area contributed by atoms with Gasteiger partial charge >= 0.3 is 0 Å². The van der Waals surface area contributed by atoms with Gasteiger partial charge in [-0.2, -0.15) is 0 Å². The molecule has 1 heterocycles. The average Bonchev–Trinajstić information content (AvgIpc) is 2.91. The minimum atomic E-state index is -0.310. The summed E-state index contributed by atoms with van der Waals surface area (Å²) in [6, 6.07) is 23.3. The van der Waals surface area contributed by atoms with Gasteiger partial charge in [-0.1, -0.05) is 54.1 Å². The van der Waals surface area contributed by atoms with Crippen molar-refractivity contribution in [3.63, 3.8) is 0 Å². The lowest BCUT2D eigenvalue weighted by atomic mass is 9.78. The zero-order valence-corrected chi connectivity index (χ0v) is 16.9. The number of hydrogen-bond donors (Lipinski definition) is 3. The highest BCUT2D eigenvalue weighted by molar-refractivity contribution is 6.01. The molecule has 1 aliphatic heterocycles. The fourth-order valence-corrected chi connectivity index (χ4v) is 4.52. The number of phenols is 1. The third-order valence-corrected chi connectivity index (χ3v) is 6.06. The summed E-state index contributed by atoms with van der Waals surface area (Å²) in [5.41, 5.74) is 6.92. The molecule has 3 N–H and O–H groups in total. The largest absolute Gasteiger partial charge is 0.508 e. The first-order chi connectivity index (χ1) is 14.6. The highest BCUT2D eigenvalue weighted by Gasteiger charge is 2.36. The molecule has 0 radical (unpaired) electrons. The summed E-state index contributed by atoms with van der Waals surface area (Å²) in [6.07, 6.45) is 1.26. The van der Waals surface area contributed by atoms with Crippen LogP contribution in [-0.4, -0.2) is 10.9 Å². The maximum atomic E-state index is 13.5. The van der Waals surface area contributed by atoms with E-state index in [0.29, 0.717) is 6.42 Å². The summed E-state index contributed by atoms with van der Waals surface area (Å²) >= 11 is 0. The van der Waals surface area contributed by atoms with Crippen molar-refractivity contribution in [2.45, 2.75) is 31.7 Å². The summed E-state index contributed by atoms with van der Waals surface area (Å²) in [5.74, 6) is 0.491. The molecule has 0 amide bonds. The number of anilines is 2. The molecule has 0 spiro atoms. The maximum absolute atomic E-state index is 13.5. The topological polar surface area (TPSA) is 61.4 Å². The van der Waals surface area contributed by atoms with E-state index in [1.54, 1.807) is 12.1 Å². The first kappa shape index (κ1) is 18.5. The lowest BCUT2D eigenvalue weighted by Crippen LogP contribution is -2.26. The molecule has 4 heteroatoms. The van der Waals surface area contributed by atoms with Gasteiger partial charge in [0.15, 0.2) is 5.78 Å². The van der Waals surface area contributed by atoms with Crippen molar-refractivity contribution < 1.29 is 9.90 Å². The molecule has 4 nitrogen and oxygen atoms in total. The van der Waals surface area contributed by atoms with Crippen LogP contribution in [0, 0.1) is 6.92 Å². The molecule has 0 fully saturated rings. The number of allylic oxidation sites excluding steroid dienone is 1. The van der Waals surface area contributed by atoms with Crippen LogP contribution in [0.3, 0.4) is 0 Å². The Morgan fingerprint density at radius 3 is 2.40 bits per heavy atom. The average molecular weight is 396 g/mol. The molecule has 0 unspecified atom stereocenters. The van der Waals surface area contributed by atoms with Gasteiger partial charge < -0.3 is 15.7 Å². The monoisotopic (exact) mass is 396 g/mol. The number of carbonyl (C=O) groups excluding carboxylic acids is 1. The summed E-state index contributed by atoms with van der Waals surface area (Å²) in [4.78, 5) is 13.5. The Balaban J connectivity index is 1.61. The van der Waals surface area contributed by atoms with E-state index in [-0.39, 0.29) is 23.5 Å². The maximum Gasteiger partial charge on any atom is 0.163 e. The van der Waals surface area contributed by atoms with Gasteiger partial charge in [0.05, 0.1) is 17.4 Å². The number of nitrogens with one attached hydrogen (secondary N) is 2. The van der Waals surface area contributed by atoms with Gasteiger partial charge in [-0.15, -0.1) is 0 Å². The second kappa shape index (κ2) is 7.38. The Labute approximate surface area is 176 Å². The van der Waals surface area contributed by atoms with Crippen LogP contribution in [0.1, 0.15) is 41.5 Å². The molecule has 0 saturated carbocycles. The molecule has 0 aromatic heterocycles. The van der Waals surface area contributed by atoms with Crippen molar-refractivity contribution in [2.75, 3.05) is 10.6 Å². The van der Waals surface area contributed by atoms with Crippen LogP contribution < -0.4 is 10.6 Å². The van der Waals surface area contributed by atoms with E-state index in [0.717, 1.165) is 34.6 Å². The van der Waals surface area contributed by atoms with Crippen molar-refractivity contribution in [1.29, 1.82) is 0 Å². The van der Waals surface area contributed by atoms with E-state index in [2.05, 4.69) is 41.8 Å². The van der Waals surface area contributed by atoms with Crippen LogP contribution in [0.15, 0.2) is 84.1 Å². The molecule has 0 saturated heterocycles. The number of aromatic hydroxyl groups is 1. The number of aryl methyl sites for hydroxylation is 1. The van der Waals surface area contributed by atoms with Crippen LogP contribution >= 0.6 is 0 Å². The van der Waals surface area contributed by atoms with E-state index in [4.69, 9.17) is 0 Å². The van der Waals surface area contributed by atoms with Gasteiger partial charge in [0, 0.05) is 17.7 Å². The smallest absolute Gasteiger partial charge is 0.163 e. The number of carbonyl (C=O) groups is 1. The van der Waals surface area contributed by atoms with Crippen LogP contribution in [0.4, 0.5) is 11.4 Å². The SMILES string of the molecule is Cc1ccc([C@H]2CC(=O)C3=C(C2)Nc2ccccc2N[C@H]3c2cccc(O)c2)cc1. The zero-order valence-electron chi connectivity index (χ0n) is 16.9. The Hall–Kier alpha value is -3.53. The zero-order chi connectivity index (χ0) is 20.7. The van der Waals surface area contributed by atoms with Crippen molar-refractivity contribution in [1.82, 2.24) is 0 Å². The van der Waals surface area contributed by atoms with E-state index in [9.17, 15) is 9.90 Å². The molecule has 150 valence electrons. The highest BCUT2D eigenvalue weighted by atomic mass is 16.3. The van der Waals surface area contributed by atoms with Gasteiger partial charge in [0.25, 0.3) is 0 Å². The van der Waals surface area contributed by atoms with Crippen molar-refractivity contribution >= 4 is 17.2 Å². The van der Waals surface area contributed by atoms with E-state index in [1.165, 1.54) is 11.1 Å². The Kier molecular flexibility index (Phi) is 4.55. The fraction of sp³-hybridized carbons (Fsp3) is 0.192. The van der Waals surface area contributed by atoms with Gasteiger partial charge in [-0.05, 0) is 54.7 Å². The van der Waals surface area contributed by atoms with Gasteiger partial charge in [0.2, 0.25) is 0 Å². The van der Waals surface area contributed by atoms with E-state index in [1.807, 2.05) is 36.4 Å². The third kappa shape index (κ3) is 3.35. The Morgan fingerprint density at radius 2 is 1.63 bits per heavy atom. The number of rotatable bonds is 2. The lowest BCUT2D eigenvalue weighted by molar-refractivity contribution is -0.116. The minimum Gasteiger partial charge on any atom is -0.508 e. The molecule has 1 aliphatic carbocycles. The molecular weight excluding hydrogens is 372 g/mol. The molecule has 3 aromatic carbocycles. The van der Waals surface area contributed by atoms with E-state index < -0.39 is 0 Å². The number of fused-ring (bicyclic) bond motifs is 1. The second-order valence-electron chi connectivity index (χ2n) is 8.17. The molecule has 30 heavy (non-hydrogen) atoms. The number of Topliss-reactive ketones (excluding diaryl/α,β-unsaturated/α-hetero) is 1. The van der Waals surface area contributed by atoms with Crippen LogP contribution in [0.2, 0.25) is 0 Å². The summed E-state index contributed by atoms with van der Waals surface area (Å²) < 4.78 is 0. The number of phenolic OH excluding ortho intramolecular Hbond substituents is 1. The molecule has 2 aliphatic rings. The first-order valence-electron chi connectivity index (χ1n) is 10.3. The van der Waals surface area contributed by atoms with Gasteiger partial charge in [0.1, 0.15) is 5.75 Å². The predicted octanol–water partition coefficient (Wildman–Crippen LogP) is 5.68. The van der Waals surface area contributed by atoms with Crippen LogP contribution in [0.5, 0.6) is 5.75 Å². The number of para-hydroxylation sites is 2. The van der Waals surface area contributed by atoms with Crippen molar-refractivity contribution in [3.8, 4) is 5.75 Å².